The second kappa shape index (κ2) is 5.17. The molecule has 3 heterocycles. The summed E-state index contributed by atoms with van der Waals surface area (Å²) >= 11 is 0. The predicted molar refractivity (Wildman–Crippen MR) is 88.5 cm³/mol. The van der Waals surface area contributed by atoms with Crippen LogP contribution >= 0.6 is 0 Å². The lowest BCUT2D eigenvalue weighted by Gasteiger charge is -2.00. The van der Waals surface area contributed by atoms with Crippen LogP contribution in [0.5, 0.6) is 0 Å². The van der Waals surface area contributed by atoms with Crippen LogP contribution in [0.1, 0.15) is 5.69 Å². The number of hydrogen-bond donors (Lipinski definition) is 0. The van der Waals surface area contributed by atoms with Gasteiger partial charge in [-0.2, -0.15) is 10.2 Å². The second-order valence-corrected chi connectivity index (χ2v) is 5.09. The van der Waals surface area contributed by atoms with Gasteiger partial charge in [-0.05, 0) is 18.2 Å². The van der Waals surface area contributed by atoms with E-state index in [2.05, 4.69) is 26.7 Å². The monoisotopic (exact) mass is 302 g/mol. The molecule has 6 heteroatoms. The third kappa shape index (κ3) is 2.12. The van der Waals surface area contributed by atoms with Gasteiger partial charge < -0.3 is 0 Å². The van der Waals surface area contributed by atoms with Gasteiger partial charge in [0.05, 0.1) is 5.69 Å². The van der Waals surface area contributed by atoms with Gasteiger partial charge in [-0.1, -0.05) is 36.9 Å². The van der Waals surface area contributed by atoms with E-state index in [9.17, 15) is 0 Å². The van der Waals surface area contributed by atoms with Crippen LogP contribution in [0.25, 0.3) is 34.6 Å². The molecule has 1 aromatic carbocycles. The molecule has 4 rings (SSSR count). The van der Waals surface area contributed by atoms with E-state index < -0.39 is 0 Å². The largest absolute Gasteiger partial charge is 0.247 e. The predicted octanol–water partition coefficient (Wildman–Crippen LogP) is 2.83. The Morgan fingerprint density at radius 2 is 1.87 bits per heavy atom. The van der Waals surface area contributed by atoms with Crippen LogP contribution in [0.3, 0.4) is 0 Å². The maximum Gasteiger partial charge on any atom is 0.181 e. The molecule has 23 heavy (non-hydrogen) atoms. The van der Waals surface area contributed by atoms with Gasteiger partial charge in [0.25, 0.3) is 0 Å². The molecule has 0 spiro atoms. The van der Waals surface area contributed by atoms with Crippen molar-refractivity contribution in [2.24, 2.45) is 7.05 Å². The van der Waals surface area contributed by atoms with Crippen LogP contribution in [-0.4, -0.2) is 29.4 Å². The molecule has 6 nitrogen and oxygen atoms in total. The number of hydrogen-bond acceptors (Lipinski definition) is 4. The smallest absolute Gasteiger partial charge is 0.181 e. The first kappa shape index (κ1) is 13.4. The molecule has 0 atom stereocenters. The molecule has 0 aliphatic heterocycles. The summed E-state index contributed by atoms with van der Waals surface area (Å²) in [6.45, 7) is 3.85. The standard InChI is InChI=1S/C17H14N6/c1-3-13-15(23-14(19-13)10-7-11-18-23)17-20-16(21-22(17)2)12-8-5-4-6-9-12/h3-11H,1H2,2H3. The maximum atomic E-state index is 4.68. The molecule has 0 fully saturated rings. The van der Waals surface area contributed by atoms with E-state index in [1.54, 1.807) is 21.5 Å². The van der Waals surface area contributed by atoms with E-state index in [4.69, 9.17) is 0 Å². The number of aromatic nitrogens is 6. The minimum Gasteiger partial charge on any atom is -0.247 e. The Kier molecular flexibility index (Phi) is 3.01. The molecule has 0 bridgehead atoms. The highest BCUT2D eigenvalue weighted by Gasteiger charge is 2.19. The summed E-state index contributed by atoms with van der Waals surface area (Å²) in [4.78, 5) is 9.22. The Balaban J connectivity index is 1.95. The van der Waals surface area contributed by atoms with E-state index in [1.807, 2.05) is 49.5 Å². The zero-order chi connectivity index (χ0) is 15.8. The summed E-state index contributed by atoms with van der Waals surface area (Å²) in [6.07, 6.45) is 3.43. The van der Waals surface area contributed by atoms with Gasteiger partial charge in [-0.3, -0.25) is 0 Å². The first-order chi connectivity index (χ1) is 11.3. The van der Waals surface area contributed by atoms with Crippen molar-refractivity contribution in [2.75, 3.05) is 0 Å². The summed E-state index contributed by atoms with van der Waals surface area (Å²) in [5.74, 6) is 1.37. The summed E-state index contributed by atoms with van der Waals surface area (Å²) in [6, 6.07) is 13.6. The Morgan fingerprint density at radius 3 is 2.65 bits per heavy atom. The highest BCUT2D eigenvalue weighted by molar-refractivity contribution is 5.70. The number of imidazole rings is 1. The molecule has 0 aliphatic rings. The average molecular weight is 302 g/mol. The highest BCUT2D eigenvalue weighted by atomic mass is 15.4. The average Bonchev–Trinajstić information content (AvgIpc) is 3.15. The van der Waals surface area contributed by atoms with Crippen LogP contribution in [0.15, 0.2) is 55.2 Å². The van der Waals surface area contributed by atoms with E-state index in [0.29, 0.717) is 11.6 Å². The van der Waals surface area contributed by atoms with Gasteiger partial charge in [-0.25, -0.2) is 19.2 Å². The quantitative estimate of drug-likeness (QED) is 0.584. The minimum absolute atomic E-state index is 0.670. The lowest BCUT2D eigenvalue weighted by Crippen LogP contribution is -2.00. The van der Waals surface area contributed by atoms with Crippen molar-refractivity contribution in [3.05, 3.63) is 60.9 Å². The summed E-state index contributed by atoms with van der Waals surface area (Å²) < 4.78 is 3.50. The Morgan fingerprint density at radius 1 is 1.04 bits per heavy atom. The minimum atomic E-state index is 0.670. The molecule has 0 N–H and O–H groups in total. The zero-order valence-corrected chi connectivity index (χ0v) is 12.6. The second-order valence-electron chi connectivity index (χ2n) is 5.09. The van der Waals surface area contributed by atoms with Crippen molar-refractivity contribution < 1.29 is 0 Å². The van der Waals surface area contributed by atoms with Crippen LogP contribution < -0.4 is 0 Å². The number of benzene rings is 1. The third-order valence-electron chi connectivity index (χ3n) is 3.62. The van der Waals surface area contributed by atoms with Crippen molar-refractivity contribution in [1.82, 2.24) is 29.4 Å². The van der Waals surface area contributed by atoms with Gasteiger partial charge >= 0.3 is 0 Å². The first-order valence-electron chi connectivity index (χ1n) is 7.21. The Bertz CT molecular complexity index is 997. The molecule has 0 unspecified atom stereocenters. The number of aryl methyl sites for hydroxylation is 1. The van der Waals surface area contributed by atoms with Gasteiger partial charge in [0.2, 0.25) is 0 Å². The van der Waals surface area contributed by atoms with Crippen molar-refractivity contribution in [1.29, 1.82) is 0 Å². The van der Waals surface area contributed by atoms with Crippen LogP contribution in [0.2, 0.25) is 0 Å². The van der Waals surface area contributed by atoms with E-state index in [0.717, 1.165) is 22.6 Å². The van der Waals surface area contributed by atoms with Gasteiger partial charge in [-0.15, -0.1) is 0 Å². The van der Waals surface area contributed by atoms with Crippen molar-refractivity contribution >= 4 is 11.7 Å². The molecule has 0 radical (unpaired) electrons. The molecule has 0 amide bonds. The maximum absolute atomic E-state index is 4.68. The van der Waals surface area contributed by atoms with E-state index in [-0.39, 0.29) is 0 Å². The Hall–Kier alpha value is -3.28. The van der Waals surface area contributed by atoms with E-state index in [1.165, 1.54) is 0 Å². The topological polar surface area (TPSA) is 60.9 Å². The normalized spacial score (nSPS) is 11.0. The molecule has 4 aromatic rings. The first-order valence-corrected chi connectivity index (χ1v) is 7.21. The fourth-order valence-electron chi connectivity index (χ4n) is 2.56. The van der Waals surface area contributed by atoms with Crippen molar-refractivity contribution in [3.8, 4) is 22.9 Å². The lowest BCUT2D eigenvalue weighted by molar-refractivity contribution is 0.768. The molecule has 0 aliphatic carbocycles. The summed E-state index contributed by atoms with van der Waals surface area (Å²) in [7, 11) is 1.87. The molecule has 0 saturated carbocycles. The van der Waals surface area contributed by atoms with Crippen LogP contribution in [0, 0.1) is 0 Å². The molecular weight excluding hydrogens is 288 g/mol. The van der Waals surface area contributed by atoms with Gasteiger partial charge in [0.1, 0.15) is 5.69 Å². The third-order valence-corrected chi connectivity index (χ3v) is 3.62. The SMILES string of the molecule is C=Cc1nc2cccnn2c1-c1nc(-c2ccccc2)nn1C. The molecule has 0 saturated heterocycles. The van der Waals surface area contributed by atoms with Crippen molar-refractivity contribution in [3.63, 3.8) is 0 Å². The zero-order valence-electron chi connectivity index (χ0n) is 12.6. The Labute approximate surface area is 132 Å². The highest BCUT2D eigenvalue weighted by Crippen LogP contribution is 2.25. The fraction of sp³-hybridized carbons (Fsp3) is 0.0588. The molecule has 3 aromatic heterocycles. The summed E-state index contributed by atoms with van der Waals surface area (Å²) in [5, 5.41) is 8.90. The number of rotatable bonds is 3. The van der Waals surface area contributed by atoms with Crippen LogP contribution in [0.4, 0.5) is 0 Å². The van der Waals surface area contributed by atoms with Gasteiger partial charge in [0, 0.05) is 18.8 Å². The fourth-order valence-corrected chi connectivity index (χ4v) is 2.56. The van der Waals surface area contributed by atoms with Crippen molar-refractivity contribution in [2.45, 2.75) is 0 Å². The number of nitrogens with zero attached hydrogens (tertiary/aromatic N) is 6. The summed E-state index contributed by atoms with van der Waals surface area (Å²) in [5.41, 5.74) is 3.24. The van der Waals surface area contributed by atoms with Gasteiger partial charge in [0.15, 0.2) is 17.3 Å². The molecular formula is C17H14N6. The van der Waals surface area contributed by atoms with E-state index >= 15 is 0 Å². The number of fused-ring (bicyclic) bond motifs is 1. The molecule has 112 valence electrons. The van der Waals surface area contributed by atoms with Crippen LogP contribution in [-0.2, 0) is 7.05 Å². The lowest BCUT2D eigenvalue weighted by atomic mass is 10.2.